The molecule has 1 aromatic heterocycles. The Morgan fingerprint density at radius 3 is 2.55 bits per heavy atom. The fraction of sp³-hybridized carbons (Fsp3) is 0.400. The van der Waals surface area contributed by atoms with Gasteiger partial charge in [-0.05, 0) is 39.0 Å². The molecule has 1 heterocycles. The second-order valence-corrected chi connectivity index (χ2v) is 5.73. The second kappa shape index (κ2) is 5.96. The van der Waals surface area contributed by atoms with Crippen LogP contribution in [-0.4, -0.2) is 28.0 Å². The number of anilines is 1. The van der Waals surface area contributed by atoms with Crippen LogP contribution in [0.3, 0.4) is 0 Å². The van der Waals surface area contributed by atoms with E-state index in [1.807, 2.05) is 18.2 Å². The zero-order chi connectivity index (χ0) is 14.6. The third-order valence-corrected chi connectivity index (χ3v) is 2.76. The molecule has 2 aromatic rings. The molecule has 0 aliphatic carbocycles. The second-order valence-electron chi connectivity index (χ2n) is 5.73. The molecule has 106 valence electrons. The quantitative estimate of drug-likeness (QED) is 0.896. The number of nitrogens with zero attached hydrogens (tertiary/aromatic N) is 2. The molecule has 20 heavy (non-hydrogen) atoms. The summed E-state index contributed by atoms with van der Waals surface area (Å²) in [5.74, 6) is -0.00927. The summed E-state index contributed by atoms with van der Waals surface area (Å²) < 4.78 is 0. The van der Waals surface area contributed by atoms with Gasteiger partial charge in [0.15, 0.2) is 0 Å². The Morgan fingerprint density at radius 1 is 1.15 bits per heavy atom. The molecule has 1 amide bonds. The van der Waals surface area contributed by atoms with Crippen molar-refractivity contribution in [2.24, 2.45) is 0 Å². The topological polar surface area (TPSA) is 66.9 Å². The Labute approximate surface area is 118 Å². The van der Waals surface area contributed by atoms with Crippen molar-refractivity contribution in [2.75, 3.05) is 11.9 Å². The zero-order valence-electron chi connectivity index (χ0n) is 12.1. The van der Waals surface area contributed by atoms with Crippen LogP contribution in [-0.2, 0) is 4.79 Å². The first-order valence-corrected chi connectivity index (χ1v) is 6.70. The maximum atomic E-state index is 11.8. The summed E-state index contributed by atoms with van der Waals surface area (Å²) in [5, 5.41) is 6.16. The molecule has 5 nitrogen and oxygen atoms in total. The highest BCUT2D eigenvalue weighted by molar-refractivity contribution is 5.92. The van der Waals surface area contributed by atoms with Gasteiger partial charge in [-0.25, -0.2) is 0 Å². The molecule has 2 N–H and O–H groups in total. The summed E-state index contributed by atoms with van der Waals surface area (Å²) >= 11 is 0. The number of benzene rings is 1. The van der Waals surface area contributed by atoms with Crippen molar-refractivity contribution in [3.05, 3.63) is 30.6 Å². The van der Waals surface area contributed by atoms with Crippen LogP contribution >= 0.6 is 0 Å². The van der Waals surface area contributed by atoms with Gasteiger partial charge in [0.1, 0.15) is 0 Å². The maximum absolute atomic E-state index is 11.8. The molecule has 0 aliphatic heterocycles. The molecule has 0 fully saturated rings. The third-order valence-electron chi connectivity index (χ3n) is 2.76. The van der Waals surface area contributed by atoms with Gasteiger partial charge in [-0.15, -0.1) is 0 Å². The van der Waals surface area contributed by atoms with Crippen molar-refractivity contribution in [1.82, 2.24) is 15.3 Å². The van der Waals surface area contributed by atoms with Gasteiger partial charge in [0.2, 0.25) is 5.91 Å². The first-order chi connectivity index (χ1) is 9.44. The number of nitrogens with one attached hydrogen (secondary N) is 2. The van der Waals surface area contributed by atoms with Gasteiger partial charge in [-0.1, -0.05) is 0 Å². The third kappa shape index (κ3) is 4.28. The average Bonchev–Trinajstić information content (AvgIpc) is 2.37. The first-order valence-electron chi connectivity index (χ1n) is 6.70. The van der Waals surface area contributed by atoms with Crippen LogP contribution in [0.4, 0.5) is 5.69 Å². The van der Waals surface area contributed by atoms with Crippen LogP contribution < -0.4 is 10.6 Å². The van der Waals surface area contributed by atoms with Gasteiger partial charge in [-0.2, -0.15) is 0 Å². The van der Waals surface area contributed by atoms with Crippen LogP contribution in [0.2, 0.25) is 0 Å². The number of rotatable bonds is 4. The Morgan fingerprint density at radius 2 is 1.85 bits per heavy atom. The minimum absolute atomic E-state index is 0.00927. The molecular formula is C15H20N4O. The molecule has 0 bridgehead atoms. The SMILES string of the molecule is CC(C)(C)NCCC(=O)Nc1ccc2nccnc2c1. The summed E-state index contributed by atoms with van der Waals surface area (Å²) in [5.41, 5.74) is 2.37. The van der Waals surface area contributed by atoms with E-state index in [-0.39, 0.29) is 11.4 Å². The van der Waals surface area contributed by atoms with Crippen LogP contribution in [0.25, 0.3) is 11.0 Å². The average molecular weight is 272 g/mol. The maximum Gasteiger partial charge on any atom is 0.225 e. The molecular weight excluding hydrogens is 252 g/mol. The summed E-state index contributed by atoms with van der Waals surface area (Å²) in [6, 6.07) is 5.52. The number of amides is 1. The normalized spacial score (nSPS) is 11.6. The lowest BCUT2D eigenvalue weighted by Crippen LogP contribution is -2.37. The predicted octanol–water partition coefficient (Wildman–Crippen LogP) is 2.35. The molecule has 0 aliphatic rings. The van der Waals surface area contributed by atoms with E-state index in [0.717, 1.165) is 16.7 Å². The lowest BCUT2D eigenvalue weighted by atomic mass is 10.1. The molecule has 0 unspecified atom stereocenters. The summed E-state index contributed by atoms with van der Waals surface area (Å²) in [4.78, 5) is 20.3. The van der Waals surface area contributed by atoms with E-state index in [2.05, 4.69) is 41.4 Å². The lowest BCUT2D eigenvalue weighted by Gasteiger charge is -2.20. The monoisotopic (exact) mass is 272 g/mol. The Balaban J connectivity index is 1.92. The van der Waals surface area contributed by atoms with Gasteiger partial charge >= 0.3 is 0 Å². The number of aromatic nitrogens is 2. The van der Waals surface area contributed by atoms with Crippen molar-refractivity contribution in [1.29, 1.82) is 0 Å². The van der Waals surface area contributed by atoms with E-state index in [1.54, 1.807) is 12.4 Å². The Bertz CT molecular complexity index is 604. The van der Waals surface area contributed by atoms with Gasteiger partial charge in [0.25, 0.3) is 0 Å². The standard InChI is InChI=1S/C15H20N4O/c1-15(2,3)18-7-6-14(20)19-11-4-5-12-13(10-11)17-9-8-16-12/h4-5,8-10,18H,6-7H2,1-3H3,(H,19,20). The Kier molecular flexibility index (Phi) is 4.29. The van der Waals surface area contributed by atoms with E-state index in [4.69, 9.17) is 0 Å². The van der Waals surface area contributed by atoms with E-state index < -0.39 is 0 Å². The Hall–Kier alpha value is -2.01. The fourth-order valence-corrected chi connectivity index (χ4v) is 1.82. The number of hydrogen-bond acceptors (Lipinski definition) is 4. The minimum Gasteiger partial charge on any atom is -0.326 e. The summed E-state index contributed by atoms with van der Waals surface area (Å²) in [7, 11) is 0. The molecule has 1 aromatic carbocycles. The molecule has 0 atom stereocenters. The number of fused-ring (bicyclic) bond motifs is 1. The van der Waals surface area contributed by atoms with E-state index >= 15 is 0 Å². The number of carbonyl (C=O) groups excluding carboxylic acids is 1. The van der Waals surface area contributed by atoms with Crippen LogP contribution in [0, 0.1) is 0 Å². The van der Waals surface area contributed by atoms with Crippen molar-refractivity contribution in [3.63, 3.8) is 0 Å². The van der Waals surface area contributed by atoms with E-state index in [1.165, 1.54) is 0 Å². The molecule has 0 spiro atoms. The number of carbonyl (C=O) groups is 1. The van der Waals surface area contributed by atoms with Gasteiger partial charge in [-0.3, -0.25) is 14.8 Å². The van der Waals surface area contributed by atoms with Crippen molar-refractivity contribution in [3.8, 4) is 0 Å². The van der Waals surface area contributed by atoms with Crippen molar-refractivity contribution < 1.29 is 4.79 Å². The number of hydrogen-bond donors (Lipinski definition) is 2. The zero-order valence-corrected chi connectivity index (χ0v) is 12.1. The molecule has 5 heteroatoms. The smallest absolute Gasteiger partial charge is 0.225 e. The van der Waals surface area contributed by atoms with Gasteiger partial charge in [0.05, 0.1) is 11.0 Å². The fourth-order valence-electron chi connectivity index (χ4n) is 1.82. The molecule has 0 saturated heterocycles. The molecule has 2 rings (SSSR count). The molecule has 0 radical (unpaired) electrons. The highest BCUT2D eigenvalue weighted by Crippen LogP contribution is 2.15. The highest BCUT2D eigenvalue weighted by atomic mass is 16.1. The van der Waals surface area contributed by atoms with E-state index in [9.17, 15) is 4.79 Å². The lowest BCUT2D eigenvalue weighted by molar-refractivity contribution is -0.116. The summed E-state index contributed by atoms with van der Waals surface area (Å²) in [6.07, 6.45) is 3.73. The van der Waals surface area contributed by atoms with Gasteiger partial charge < -0.3 is 10.6 Å². The largest absolute Gasteiger partial charge is 0.326 e. The first kappa shape index (κ1) is 14.4. The highest BCUT2D eigenvalue weighted by Gasteiger charge is 2.09. The van der Waals surface area contributed by atoms with Crippen molar-refractivity contribution >= 4 is 22.6 Å². The van der Waals surface area contributed by atoms with E-state index in [0.29, 0.717) is 13.0 Å². The van der Waals surface area contributed by atoms with Crippen molar-refractivity contribution in [2.45, 2.75) is 32.7 Å². The van der Waals surface area contributed by atoms with Crippen LogP contribution in [0.5, 0.6) is 0 Å². The van der Waals surface area contributed by atoms with Crippen LogP contribution in [0.1, 0.15) is 27.2 Å². The molecule has 0 saturated carbocycles. The minimum atomic E-state index is -0.00927. The van der Waals surface area contributed by atoms with Gasteiger partial charge in [0, 0.05) is 36.6 Å². The van der Waals surface area contributed by atoms with Crippen LogP contribution in [0.15, 0.2) is 30.6 Å². The predicted molar refractivity (Wildman–Crippen MR) is 80.5 cm³/mol. The summed E-state index contributed by atoms with van der Waals surface area (Å²) in [6.45, 7) is 6.88.